The van der Waals surface area contributed by atoms with Gasteiger partial charge in [0.15, 0.2) is 5.76 Å². The third-order valence-electron chi connectivity index (χ3n) is 4.83. The molecule has 136 valence electrons. The summed E-state index contributed by atoms with van der Waals surface area (Å²) in [5, 5.41) is 2.66. The molecule has 1 atom stereocenters. The lowest BCUT2D eigenvalue weighted by molar-refractivity contribution is -0.121. The molecular formula is C21H19N3O3. The molecule has 0 saturated heterocycles. The molecule has 2 amide bonds. The number of anilines is 1. The normalized spacial score (nSPS) is 15.5. The van der Waals surface area contributed by atoms with Crippen molar-refractivity contribution in [3.8, 4) is 11.5 Å². The van der Waals surface area contributed by atoms with Crippen molar-refractivity contribution in [1.29, 1.82) is 0 Å². The molecule has 27 heavy (non-hydrogen) atoms. The van der Waals surface area contributed by atoms with Crippen LogP contribution in [0.15, 0.2) is 59.2 Å². The molecular weight excluding hydrogens is 342 g/mol. The minimum absolute atomic E-state index is 0.183. The molecule has 1 aliphatic rings. The number of amides is 2. The minimum Gasteiger partial charge on any atom is -0.463 e. The van der Waals surface area contributed by atoms with E-state index in [1.165, 1.54) is 0 Å². The molecule has 3 aromatic rings. The first-order valence-corrected chi connectivity index (χ1v) is 8.74. The molecule has 0 saturated carbocycles. The fourth-order valence-electron chi connectivity index (χ4n) is 3.49. The summed E-state index contributed by atoms with van der Waals surface area (Å²) in [6.07, 6.45) is 2.08. The maximum atomic E-state index is 13.3. The fraction of sp³-hybridized carbons (Fsp3) is 0.190. The minimum atomic E-state index is -0.566. The molecule has 0 spiro atoms. The number of aromatic nitrogens is 1. The largest absolute Gasteiger partial charge is 0.463 e. The van der Waals surface area contributed by atoms with Crippen LogP contribution in [0, 0.1) is 6.92 Å². The first-order chi connectivity index (χ1) is 13.1. The van der Waals surface area contributed by atoms with Crippen molar-refractivity contribution in [2.24, 2.45) is 0 Å². The lowest BCUT2D eigenvalue weighted by atomic mass is 10.1. The van der Waals surface area contributed by atoms with Crippen LogP contribution in [-0.2, 0) is 11.2 Å². The van der Waals surface area contributed by atoms with Gasteiger partial charge in [-0.2, -0.15) is 0 Å². The third kappa shape index (κ3) is 2.89. The second-order valence-electron chi connectivity index (χ2n) is 6.44. The third-order valence-corrected chi connectivity index (χ3v) is 4.83. The van der Waals surface area contributed by atoms with E-state index in [9.17, 15) is 9.59 Å². The highest BCUT2D eigenvalue weighted by Gasteiger charge is 2.38. The highest BCUT2D eigenvalue weighted by atomic mass is 16.3. The molecule has 0 fully saturated rings. The Balaban J connectivity index is 1.73. The monoisotopic (exact) mass is 361 g/mol. The van der Waals surface area contributed by atoms with Gasteiger partial charge < -0.3 is 9.73 Å². The Labute approximate surface area is 156 Å². The average Bonchev–Trinajstić information content (AvgIpc) is 3.34. The fourth-order valence-corrected chi connectivity index (χ4v) is 3.49. The lowest BCUT2D eigenvalue weighted by Crippen LogP contribution is -2.47. The second-order valence-corrected chi connectivity index (χ2v) is 6.44. The van der Waals surface area contributed by atoms with Gasteiger partial charge in [-0.1, -0.05) is 18.2 Å². The van der Waals surface area contributed by atoms with Gasteiger partial charge in [0.2, 0.25) is 5.91 Å². The van der Waals surface area contributed by atoms with Crippen molar-refractivity contribution in [3.05, 3.63) is 71.6 Å². The van der Waals surface area contributed by atoms with Gasteiger partial charge in [-0.3, -0.25) is 14.5 Å². The van der Waals surface area contributed by atoms with Crippen LogP contribution in [-0.4, -0.2) is 29.9 Å². The molecule has 0 radical (unpaired) electrons. The molecule has 0 aliphatic carbocycles. The van der Waals surface area contributed by atoms with E-state index in [-0.39, 0.29) is 11.8 Å². The Bertz CT molecular complexity index is 1010. The molecule has 4 rings (SSSR count). The highest BCUT2D eigenvalue weighted by molar-refractivity contribution is 6.12. The number of nitrogens with zero attached hydrogens (tertiary/aromatic N) is 2. The average molecular weight is 361 g/mol. The van der Waals surface area contributed by atoms with Crippen molar-refractivity contribution in [3.63, 3.8) is 0 Å². The predicted octanol–water partition coefficient (Wildman–Crippen LogP) is 2.97. The zero-order valence-electron chi connectivity index (χ0n) is 15.1. The van der Waals surface area contributed by atoms with Crippen molar-refractivity contribution in [2.45, 2.75) is 19.4 Å². The van der Waals surface area contributed by atoms with Gasteiger partial charge in [0.25, 0.3) is 5.91 Å². The van der Waals surface area contributed by atoms with Gasteiger partial charge >= 0.3 is 0 Å². The van der Waals surface area contributed by atoms with Crippen LogP contribution in [0.3, 0.4) is 0 Å². The van der Waals surface area contributed by atoms with Gasteiger partial charge in [-0.05, 0) is 42.8 Å². The van der Waals surface area contributed by atoms with E-state index < -0.39 is 6.04 Å². The second kappa shape index (κ2) is 6.72. The Morgan fingerprint density at radius 1 is 1.15 bits per heavy atom. The van der Waals surface area contributed by atoms with E-state index in [1.54, 1.807) is 43.3 Å². The molecule has 3 heterocycles. The first-order valence-electron chi connectivity index (χ1n) is 8.74. The van der Waals surface area contributed by atoms with Crippen molar-refractivity contribution >= 4 is 17.5 Å². The van der Waals surface area contributed by atoms with Gasteiger partial charge in [-0.25, -0.2) is 4.98 Å². The maximum Gasteiger partial charge on any atom is 0.260 e. The van der Waals surface area contributed by atoms with E-state index in [4.69, 9.17) is 4.42 Å². The van der Waals surface area contributed by atoms with E-state index in [0.717, 1.165) is 11.3 Å². The molecule has 1 unspecified atom stereocenters. The van der Waals surface area contributed by atoms with Crippen LogP contribution in [0.5, 0.6) is 0 Å². The van der Waals surface area contributed by atoms with Gasteiger partial charge in [0, 0.05) is 19.2 Å². The summed E-state index contributed by atoms with van der Waals surface area (Å²) in [4.78, 5) is 31.8. The standard InChI is InChI=1S/C21H19N3O3/c1-13-15(9-10-16(23-13)19-8-5-11-27-19)21(26)24-17-7-4-3-6-14(17)12-18(24)20(25)22-2/h3-11,18H,12H2,1-2H3,(H,22,25). The van der Waals surface area contributed by atoms with Crippen LogP contribution >= 0.6 is 0 Å². The number of nitrogens with one attached hydrogen (secondary N) is 1. The summed E-state index contributed by atoms with van der Waals surface area (Å²) in [5.41, 5.74) is 3.48. The highest BCUT2D eigenvalue weighted by Crippen LogP contribution is 2.34. The number of para-hydroxylation sites is 1. The SMILES string of the molecule is CNC(=O)C1Cc2ccccc2N1C(=O)c1ccc(-c2ccco2)nc1C. The first kappa shape index (κ1) is 17.0. The van der Waals surface area contributed by atoms with Crippen molar-refractivity contribution < 1.29 is 14.0 Å². The molecule has 1 N–H and O–H groups in total. The summed E-state index contributed by atoms with van der Waals surface area (Å²) in [5.74, 6) is 0.230. The number of rotatable bonds is 3. The molecule has 1 aliphatic heterocycles. The quantitative estimate of drug-likeness (QED) is 0.778. The van der Waals surface area contributed by atoms with Gasteiger partial charge in [-0.15, -0.1) is 0 Å². The molecule has 1 aromatic carbocycles. The van der Waals surface area contributed by atoms with Crippen molar-refractivity contribution in [2.75, 3.05) is 11.9 Å². The Hall–Kier alpha value is -3.41. The summed E-state index contributed by atoms with van der Waals surface area (Å²) < 4.78 is 5.37. The molecule has 2 aromatic heterocycles. The molecule has 6 heteroatoms. The zero-order valence-corrected chi connectivity index (χ0v) is 15.1. The number of furan rings is 1. The Kier molecular flexibility index (Phi) is 4.24. The predicted molar refractivity (Wildman–Crippen MR) is 101 cm³/mol. The van der Waals surface area contributed by atoms with Crippen LogP contribution in [0.4, 0.5) is 5.69 Å². The number of carbonyl (C=O) groups is 2. The number of likely N-dealkylation sites (N-methyl/N-ethyl adjacent to an activating group) is 1. The van der Waals surface area contributed by atoms with E-state index >= 15 is 0 Å². The summed E-state index contributed by atoms with van der Waals surface area (Å²) in [6, 6.07) is 14.2. The number of benzene rings is 1. The topological polar surface area (TPSA) is 75.4 Å². The number of hydrogen-bond acceptors (Lipinski definition) is 4. The number of fused-ring (bicyclic) bond motifs is 1. The van der Waals surface area contributed by atoms with Crippen LogP contribution in [0.2, 0.25) is 0 Å². The number of hydrogen-bond donors (Lipinski definition) is 1. The van der Waals surface area contributed by atoms with E-state index in [1.807, 2.05) is 30.3 Å². The van der Waals surface area contributed by atoms with Gasteiger partial charge in [0.05, 0.1) is 17.5 Å². The molecule has 0 bridgehead atoms. The number of pyridine rings is 1. The van der Waals surface area contributed by atoms with Crippen molar-refractivity contribution in [1.82, 2.24) is 10.3 Å². The van der Waals surface area contributed by atoms with Crippen LogP contribution < -0.4 is 10.2 Å². The number of carbonyl (C=O) groups excluding carboxylic acids is 2. The lowest BCUT2D eigenvalue weighted by Gasteiger charge is -2.25. The smallest absolute Gasteiger partial charge is 0.260 e. The van der Waals surface area contributed by atoms with E-state index in [0.29, 0.717) is 29.1 Å². The summed E-state index contributed by atoms with van der Waals surface area (Å²) in [6.45, 7) is 1.79. The summed E-state index contributed by atoms with van der Waals surface area (Å²) >= 11 is 0. The maximum absolute atomic E-state index is 13.3. The summed E-state index contributed by atoms with van der Waals surface area (Å²) in [7, 11) is 1.58. The number of aryl methyl sites for hydroxylation is 1. The zero-order chi connectivity index (χ0) is 19.0. The Morgan fingerprint density at radius 2 is 1.96 bits per heavy atom. The molecule has 6 nitrogen and oxygen atoms in total. The van der Waals surface area contributed by atoms with Gasteiger partial charge in [0.1, 0.15) is 11.7 Å². The van der Waals surface area contributed by atoms with Crippen LogP contribution in [0.25, 0.3) is 11.5 Å². The Morgan fingerprint density at radius 3 is 2.67 bits per heavy atom. The van der Waals surface area contributed by atoms with Crippen LogP contribution in [0.1, 0.15) is 21.6 Å². The van der Waals surface area contributed by atoms with E-state index in [2.05, 4.69) is 10.3 Å².